The normalized spacial score (nSPS) is 11.3. The first kappa shape index (κ1) is 13.1. The Bertz CT molecular complexity index is 450. The largest absolute Gasteiger partial charge is 0.475 e. The zero-order valence-corrected chi connectivity index (χ0v) is 8.59. The number of furan rings is 1. The predicted molar refractivity (Wildman–Crippen MR) is 48.3 cm³/mol. The zero-order chi connectivity index (χ0) is 13.2. The molecule has 0 bridgehead atoms. The van der Waals surface area contributed by atoms with Gasteiger partial charge in [0.1, 0.15) is 5.76 Å². The Kier molecular flexibility index (Phi) is 3.45. The van der Waals surface area contributed by atoms with Crippen LogP contribution < -0.4 is 5.32 Å². The maximum atomic E-state index is 11.8. The summed E-state index contributed by atoms with van der Waals surface area (Å²) in [6, 6.07) is 1.25. The number of aromatic carboxylic acids is 1. The lowest BCUT2D eigenvalue weighted by atomic mass is 10.2. The molecule has 0 spiro atoms. The van der Waals surface area contributed by atoms with Gasteiger partial charge >= 0.3 is 18.1 Å². The van der Waals surface area contributed by atoms with E-state index in [9.17, 15) is 22.8 Å². The monoisotopic (exact) mass is 251 g/mol. The second-order valence-corrected chi connectivity index (χ2v) is 3.21. The number of nitrogens with one attached hydrogen (secondary N) is 1. The molecule has 1 heterocycles. The number of carbonyl (C=O) groups excluding carboxylic acids is 1. The molecule has 8 heteroatoms. The number of carbonyl (C=O) groups is 2. The van der Waals surface area contributed by atoms with Crippen LogP contribution in [0.4, 0.5) is 13.2 Å². The molecule has 1 aromatic heterocycles. The molecule has 0 aliphatic heterocycles. The van der Waals surface area contributed by atoms with Crippen molar-refractivity contribution in [3.63, 3.8) is 0 Å². The Balaban J connectivity index is 2.68. The van der Waals surface area contributed by atoms with Crippen molar-refractivity contribution in [3.8, 4) is 0 Å². The van der Waals surface area contributed by atoms with E-state index in [1.807, 2.05) is 0 Å². The fraction of sp³-hybridized carbons (Fsp3) is 0.333. The van der Waals surface area contributed by atoms with Crippen LogP contribution in [0.25, 0.3) is 0 Å². The lowest BCUT2D eigenvalue weighted by Crippen LogP contribution is -2.36. The van der Waals surface area contributed by atoms with Crippen molar-refractivity contribution in [3.05, 3.63) is 23.2 Å². The number of hydrogen-bond acceptors (Lipinski definition) is 3. The number of alkyl halides is 3. The van der Waals surface area contributed by atoms with E-state index in [0.717, 1.165) is 0 Å². The Morgan fingerprint density at radius 1 is 1.47 bits per heavy atom. The van der Waals surface area contributed by atoms with Crippen molar-refractivity contribution in [2.24, 2.45) is 0 Å². The highest BCUT2D eigenvalue weighted by atomic mass is 19.4. The Morgan fingerprint density at radius 3 is 2.47 bits per heavy atom. The van der Waals surface area contributed by atoms with E-state index in [1.165, 1.54) is 13.0 Å². The van der Waals surface area contributed by atoms with Crippen molar-refractivity contribution >= 4 is 11.9 Å². The smallest absolute Gasteiger partial charge is 0.471 e. The van der Waals surface area contributed by atoms with Crippen LogP contribution in [-0.4, -0.2) is 23.2 Å². The van der Waals surface area contributed by atoms with Crippen molar-refractivity contribution in [2.75, 3.05) is 0 Å². The van der Waals surface area contributed by atoms with Gasteiger partial charge in [0, 0.05) is 5.56 Å². The summed E-state index contributed by atoms with van der Waals surface area (Å²) < 4.78 is 40.2. The van der Waals surface area contributed by atoms with Gasteiger partial charge in [-0.1, -0.05) is 0 Å². The first-order valence-electron chi connectivity index (χ1n) is 4.39. The van der Waals surface area contributed by atoms with Crippen LogP contribution in [0.2, 0.25) is 0 Å². The summed E-state index contributed by atoms with van der Waals surface area (Å²) in [6.45, 7) is 0.911. The second-order valence-electron chi connectivity index (χ2n) is 3.21. The molecule has 0 radical (unpaired) electrons. The molecule has 0 unspecified atom stereocenters. The molecule has 1 aromatic rings. The van der Waals surface area contributed by atoms with Crippen LogP contribution in [0.1, 0.15) is 21.9 Å². The van der Waals surface area contributed by atoms with Gasteiger partial charge in [0.05, 0.1) is 6.54 Å². The van der Waals surface area contributed by atoms with Gasteiger partial charge in [0.25, 0.3) is 0 Å². The van der Waals surface area contributed by atoms with Gasteiger partial charge in [-0.25, -0.2) is 4.79 Å². The minimum atomic E-state index is -4.97. The van der Waals surface area contributed by atoms with Gasteiger partial charge in [-0.05, 0) is 13.0 Å². The molecule has 0 aromatic carbocycles. The molecule has 94 valence electrons. The van der Waals surface area contributed by atoms with E-state index in [1.54, 1.807) is 5.32 Å². The Labute approximate surface area is 93.2 Å². The number of carboxylic acids is 1. The average Bonchev–Trinajstić information content (AvgIpc) is 2.54. The Morgan fingerprint density at radius 2 is 2.06 bits per heavy atom. The third-order valence-electron chi connectivity index (χ3n) is 1.84. The minimum Gasteiger partial charge on any atom is -0.475 e. The summed E-state index contributed by atoms with van der Waals surface area (Å²) >= 11 is 0. The average molecular weight is 251 g/mol. The van der Waals surface area contributed by atoms with E-state index in [-0.39, 0.29) is 17.1 Å². The van der Waals surface area contributed by atoms with Gasteiger partial charge in [-0.3, -0.25) is 4.79 Å². The lowest BCUT2D eigenvalue weighted by Gasteiger charge is -2.05. The molecular formula is C9H8F3NO4. The third-order valence-corrected chi connectivity index (χ3v) is 1.84. The molecule has 0 aliphatic carbocycles. The van der Waals surface area contributed by atoms with Crippen LogP contribution in [-0.2, 0) is 11.3 Å². The topological polar surface area (TPSA) is 79.5 Å². The maximum Gasteiger partial charge on any atom is 0.471 e. The fourth-order valence-electron chi connectivity index (χ4n) is 1.12. The fourth-order valence-corrected chi connectivity index (χ4v) is 1.12. The number of carboxylic acid groups (broad SMARTS) is 1. The van der Waals surface area contributed by atoms with Crippen LogP contribution >= 0.6 is 0 Å². The van der Waals surface area contributed by atoms with Crippen molar-refractivity contribution < 1.29 is 32.3 Å². The summed E-state index contributed by atoms with van der Waals surface area (Å²) in [5.41, 5.74) is 0.272. The maximum absolute atomic E-state index is 11.8. The van der Waals surface area contributed by atoms with Crippen LogP contribution in [0.15, 0.2) is 10.5 Å². The van der Waals surface area contributed by atoms with Crippen LogP contribution in [0.3, 0.4) is 0 Å². The van der Waals surface area contributed by atoms with Crippen molar-refractivity contribution in [2.45, 2.75) is 19.6 Å². The SMILES string of the molecule is Cc1cc(CNC(=O)C(F)(F)F)oc1C(=O)O. The third kappa shape index (κ3) is 3.23. The molecule has 0 fully saturated rings. The van der Waals surface area contributed by atoms with Crippen molar-refractivity contribution in [1.29, 1.82) is 0 Å². The van der Waals surface area contributed by atoms with Crippen LogP contribution in [0, 0.1) is 6.92 Å². The zero-order valence-electron chi connectivity index (χ0n) is 8.59. The van der Waals surface area contributed by atoms with Crippen molar-refractivity contribution in [1.82, 2.24) is 5.32 Å². The predicted octanol–water partition coefficient (Wildman–Crippen LogP) is 1.46. The molecule has 0 saturated carbocycles. The van der Waals surface area contributed by atoms with Gasteiger partial charge in [0.15, 0.2) is 0 Å². The standard InChI is InChI=1S/C9H8F3NO4/c1-4-2-5(17-6(4)7(14)15)3-13-8(16)9(10,11)12/h2H,3H2,1H3,(H,13,16)(H,14,15). The molecule has 0 saturated heterocycles. The summed E-state index contributed by atoms with van der Waals surface area (Å²) in [5, 5.41) is 10.2. The molecule has 5 nitrogen and oxygen atoms in total. The number of hydrogen-bond donors (Lipinski definition) is 2. The Hall–Kier alpha value is -1.99. The molecule has 17 heavy (non-hydrogen) atoms. The molecule has 1 amide bonds. The molecule has 1 rings (SSSR count). The first-order chi connectivity index (χ1) is 7.71. The van der Waals surface area contributed by atoms with E-state index >= 15 is 0 Å². The summed E-state index contributed by atoms with van der Waals surface area (Å²) in [6.07, 6.45) is -4.97. The molecule has 2 N–H and O–H groups in total. The van der Waals surface area contributed by atoms with E-state index in [0.29, 0.717) is 0 Å². The molecular weight excluding hydrogens is 243 g/mol. The van der Waals surface area contributed by atoms with Gasteiger partial charge in [0.2, 0.25) is 5.76 Å². The number of aryl methyl sites for hydroxylation is 1. The lowest BCUT2D eigenvalue weighted by molar-refractivity contribution is -0.173. The first-order valence-corrected chi connectivity index (χ1v) is 4.39. The highest BCUT2D eigenvalue weighted by Crippen LogP contribution is 2.17. The highest BCUT2D eigenvalue weighted by molar-refractivity contribution is 5.86. The van der Waals surface area contributed by atoms with E-state index in [4.69, 9.17) is 9.52 Å². The summed E-state index contributed by atoms with van der Waals surface area (Å²) in [5.74, 6) is -3.85. The summed E-state index contributed by atoms with van der Waals surface area (Å²) in [7, 11) is 0. The minimum absolute atomic E-state index is 0.0579. The number of halogens is 3. The second kappa shape index (κ2) is 4.48. The van der Waals surface area contributed by atoms with E-state index in [2.05, 4.69) is 0 Å². The van der Waals surface area contributed by atoms with E-state index < -0.39 is 24.6 Å². The number of amides is 1. The van der Waals surface area contributed by atoms with Gasteiger partial charge in [-0.2, -0.15) is 13.2 Å². The number of rotatable bonds is 3. The van der Waals surface area contributed by atoms with Gasteiger partial charge < -0.3 is 14.8 Å². The molecule has 0 atom stereocenters. The highest BCUT2D eigenvalue weighted by Gasteiger charge is 2.38. The summed E-state index contributed by atoms with van der Waals surface area (Å²) in [4.78, 5) is 21.0. The van der Waals surface area contributed by atoms with Crippen LogP contribution in [0.5, 0.6) is 0 Å². The molecule has 0 aliphatic rings. The van der Waals surface area contributed by atoms with Gasteiger partial charge in [-0.15, -0.1) is 0 Å². The quantitative estimate of drug-likeness (QED) is 0.852.